The van der Waals surface area contributed by atoms with Crippen molar-refractivity contribution in [3.63, 3.8) is 0 Å². The van der Waals surface area contributed by atoms with Crippen LogP contribution in [0.3, 0.4) is 0 Å². The second-order valence-electron chi connectivity index (χ2n) is 2.54. The molecule has 0 aliphatic heterocycles. The standard InChI is InChI=1S/C8H4ClF2N3O/c9-6-5(7(10)11)3(2-12)1-4(14-6)8(13)15/h1,7H,(H2,13,15). The number of primary amides is 1. The van der Waals surface area contributed by atoms with Gasteiger partial charge in [-0.25, -0.2) is 13.8 Å². The Morgan fingerprint density at radius 3 is 2.67 bits per heavy atom. The summed E-state index contributed by atoms with van der Waals surface area (Å²) in [4.78, 5) is 14.1. The predicted molar refractivity (Wildman–Crippen MR) is 47.4 cm³/mol. The van der Waals surface area contributed by atoms with Crippen molar-refractivity contribution in [2.45, 2.75) is 6.43 Å². The Labute approximate surface area is 88.3 Å². The molecular weight excluding hydrogens is 228 g/mol. The highest BCUT2D eigenvalue weighted by Crippen LogP contribution is 2.29. The molecule has 0 saturated carbocycles. The van der Waals surface area contributed by atoms with Gasteiger partial charge in [0, 0.05) is 0 Å². The average Bonchev–Trinajstić information content (AvgIpc) is 2.15. The van der Waals surface area contributed by atoms with Gasteiger partial charge >= 0.3 is 0 Å². The molecule has 1 amide bonds. The molecule has 2 N–H and O–H groups in total. The van der Waals surface area contributed by atoms with Gasteiger partial charge < -0.3 is 5.73 Å². The van der Waals surface area contributed by atoms with E-state index in [1.807, 2.05) is 0 Å². The summed E-state index contributed by atoms with van der Waals surface area (Å²) in [6.07, 6.45) is -2.93. The van der Waals surface area contributed by atoms with E-state index in [1.165, 1.54) is 6.07 Å². The number of aromatic nitrogens is 1. The van der Waals surface area contributed by atoms with Gasteiger partial charge in [-0.05, 0) is 6.07 Å². The van der Waals surface area contributed by atoms with Crippen LogP contribution in [0.5, 0.6) is 0 Å². The van der Waals surface area contributed by atoms with E-state index in [9.17, 15) is 13.6 Å². The maximum Gasteiger partial charge on any atom is 0.268 e. The molecule has 4 nitrogen and oxygen atoms in total. The van der Waals surface area contributed by atoms with Crippen LogP contribution in [0.2, 0.25) is 5.15 Å². The van der Waals surface area contributed by atoms with Crippen LogP contribution < -0.4 is 5.73 Å². The van der Waals surface area contributed by atoms with E-state index in [-0.39, 0.29) is 5.69 Å². The summed E-state index contributed by atoms with van der Waals surface area (Å²) in [6.45, 7) is 0. The second-order valence-corrected chi connectivity index (χ2v) is 2.89. The van der Waals surface area contributed by atoms with E-state index < -0.39 is 28.6 Å². The fraction of sp³-hybridized carbons (Fsp3) is 0.125. The van der Waals surface area contributed by atoms with Crippen molar-refractivity contribution in [2.75, 3.05) is 0 Å². The number of alkyl halides is 2. The smallest absolute Gasteiger partial charge is 0.268 e. The zero-order valence-electron chi connectivity index (χ0n) is 7.17. The molecule has 1 heterocycles. The number of carbonyl (C=O) groups is 1. The number of halogens is 3. The van der Waals surface area contributed by atoms with Crippen LogP contribution in [0.25, 0.3) is 0 Å². The fourth-order valence-corrected chi connectivity index (χ4v) is 1.23. The van der Waals surface area contributed by atoms with Gasteiger partial charge in [-0.3, -0.25) is 4.79 Å². The molecule has 1 aromatic heterocycles. The zero-order valence-corrected chi connectivity index (χ0v) is 7.92. The first-order valence-corrected chi connectivity index (χ1v) is 4.03. The Morgan fingerprint density at radius 2 is 2.27 bits per heavy atom. The first-order valence-electron chi connectivity index (χ1n) is 3.66. The Hall–Kier alpha value is -1.74. The van der Waals surface area contributed by atoms with E-state index in [0.29, 0.717) is 0 Å². The minimum atomic E-state index is -2.93. The quantitative estimate of drug-likeness (QED) is 0.786. The molecule has 0 aliphatic carbocycles. The Balaban J connectivity index is 3.46. The van der Waals surface area contributed by atoms with Crippen molar-refractivity contribution in [3.05, 3.63) is 28.0 Å². The molecule has 0 unspecified atom stereocenters. The van der Waals surface area contributed by atoms with Crippen LogP contribution in [0.4, 0.5) is 8.78 Å². The number of pyridine rings is 1. The van der Waals surface area contributed by atoms with Crippen LogP contribution in [-0.4, -0.2) is 10.9 Å². The Bertz CT molecular complexity index is 456. The van der Waals surface area contributed by atoms with Gasteiger partial charge in [0.1, 0.15) is 10.8 Å². The molecule has 0 radical (unpaired) electrons. The highest BCUT2D eigenvalue weighted by atomic mass is 35.5. The lowest BCUT2D eigenvalue weighted by Crippen LogP contribution is -2.14. The van der Waals surface area contributed by atoms with Crippen molar-refractivity contribution >= 4 is 17.5 Å². The van der Waals surface area contributed by atoms with Gasteiger partial charge in [-0.15, -0.1) is 0 Å². The number of hydrogen-bond acceptors (Lipinski definition) is 3. The van der Waals surface area contributed by atoms with Gasteiger partial charge in [-0.1, -0.05) is 11.6 Å². The first kappa shape index (κ1) is 11.3. The van der Waals surface area contributed by atoms with Crippen LogP contribution in [0, 0.1) is 11.3 Å². The lowest BCUT2D eigenvalue weighted by Gasteiger charge is -2.05. The number of nitrogens with two attached hydrogens (primary N) is 1. The van der Waals surface area contributed by atoms with Crippen molar-refractivity contribution < 1.29 is 13.6 Å². The van der Waals surface area contributed by atoms with E-state index in [2.05, 4.69) is 4.98 Å². The molecule has 78 valence electrons. The highest BCUT2D eigenvalue weighted by molar-refractivity contribution is 6.30. The summed E-state index contributed by atoms with van der Waals surface area (Å²) < 4.78 is 24.8. The van der Waals surface area contributed by atoms with Crippen LogP contribution in [0.1, 0.15) is 28.0 Å². The summed E-state index contributed by atoms with van der Waals surface area (Å²) >= 11 is 5.40. The number of nitrogens with zero attached hydrogens (tertiary/aromatic N) is 2. The number of rotatable bonds is 2. The van der Waals surface area contributed by atoms with Crippen LogP contribution >= 0.6 is 11.6 Å². The molecule has 0 atom stereocenters. The average molecular weight is 232 g/mol. The molecular formula is C8H4ClF2N3O. The van der Waals surface area contributed by atoms with Gasteiger partial charge in [0.2, 0.25) is 0 Å². The van der Waals surface area contributed by atoms with E-state index >= 15 is 0 Å². The third-order valence-electron chi connectivity index (χ3n) is 1.60. The monoisotopic (exact) mass is 231 g/mol. The minimum Gasteiger partial charge on any atom is -0.364 e. The summed E-state index contributed by atoms with van der Waals surface area (Å²) in [6, 6.07) is 2.39. The molecule has 0 bridgehead atoms. The SMILES string of the molecule is N#Cc1cc(C(N)=O)nc(Cl)c1C(F)F. The minimum absolute atomic E-state index is 0.319. The molecule has 1 rings (SSSR count). The number of amides is 1. The molecule has 1 aromatic rings. The van der Waals surface area contributed by atoms with Crippen molar-refractivity contribution in [1.82, 2.24) is 4.98 Å². The fourth-order valence-electron chi connectivity index (χ4n) is 0.950. The summed E-state index contributed by atoms with van der Waals surface area (Å²) in [5, 5.41) is 7.99. The predicted octanol–water partition coefficient (Wildman–Crippen LogP) is 1.64. The number of hydrogen-bond donors (Lipinski definition) is 1. The summed E-state index contributed by atoms with van der Waals surface area (Å²) in [5.74, 6) is -0.936. The van der Waals surface area contributed by atoms with Crippen molar-refractivity contribution in [3.8, 4) is 6.07 Å². The molecule has 0 fully saturated rings. The highest BCUT2D eigenvalue weighted by Gasteiger charge is 2.20. The first-order chi connectivity index (χ1) is 6.97. The molecule has 0 aliphatic rings. The van der Waals surface area contributed by atoms with E-state index in [4.69, 9.17) is 22.6 Å². The lowest BCUT2D eigenvalue weighted by atomic mass is 10.1. The number of nitriles is 1. The molecule has 7 heteroatoms. The van der Waals surface area contributed by atoms with Gasteiger partial charge in [0.25, 0.3) is 12.3 Å². The van der Waals surface area contributed by atoms with Crippen molar-refractivity contribution in [2.24, 2.45) is 5.73 Å². The van der Waals surface area contributed by atoms with E-state index in [1.54, 1.807) is 0 Å². The summed E-state index contributed by atoms with van der Waals surface area (Å²) in [5.41, 5.74) is 3.46. The number of carbonyl (C=O) groups excluding carboxylic acids is 1. The van der Waals surface area contributed by atoms with Crippen LogP contribution in [0.15, 0.2) is 6.07 Å². The second kappa shape index (κ2) is 4.19. The normalized spacial score (nSPS) is 10.1. The van der Waals surface area contributed by atoms with Gasteiger partial charge in [0.15, 0.2) is 0 Å². The largest absolute Gasteiger partial charge is 0.364 e. The maximum absolute atomic E-state index is 12.4. The van der Waals surface area contributed by atoms with Gasteiger partial charge in [-0.2, -0.15) is 5.26 Å². The summed E-state index contributed by atoms with van der Waals surface area (Å²) in [7, 11) is 0. The third kappa shape index (κ3) is 2.19. The van der Waals surface area contributed by atoms with Crippen LogP contribution in [-0.2, 0) is 0 Å². The maximum atomic E-state index is 12.4. The Kier molecular flexibility index (Phi) is 3.17. The molecule has 0 spiro atoms. The van der Waals surface area contributed by atoms with Gasteiger partial charge in [0.05, 0.1) is 17.2 Å². The molecule has 15 heavy (non-hydrogen) atoms. The van der Waals surface area contributed by atoms with E-state index in [0.717, 1.165) is 6.07 Å². The molecule has 0 saturated heterocycles. The van der Waals surface area contributed by atoms with Crippen molar-refractivity contribution in [1.29, 1.82) is 5.26 Å². The third-order valence-corrected chi connectivity index (χ3v) is 1.89. The lowest BCUT2D eigenvalue weighted by molar-refractivity contribution is 0.0994. The zero-order chi connectivity index (χ0) is 11.6. The topological polar surface area (TPSA) is 79.8 Å². The Morgan fingerprint density at radius 1 is 1.67 bits per heavy atom. The molecule has 0 aromatic carbocycles.